The number of hydrogen-bond donors (Lipinski definition) is 1. The Balaban J connectivity index is 2.07. The number of carbonyl (C=O) groups excluding carboxylic acids is 1. The van der Waals surface area contributed by atoms with E-state index in [1.165, 1.54) is 4.31 Å². The Bertz CT molecular complexity index is 715. The van der Waals surface area contributed by atoms with Crippen molar-refractivity contribution in [3.05, 3.63) is 29.3 Å². The number of hydrogen-bond acceptors (Lipinski definition) is 3. The normalized spacial score (nSPS) is 17.0. The molecule has 1 fully saturated rings. The number of aryl methyl sites for hydroxylation is 2. The predicted molar refractivity (Wildman–Crippen MR) is 94.5 cm³/mol. The van der Waals surface area contributed by atoms with Gasteiger partial charge in [0.2, 0.25) is 10.0 Å². The quantitative estimate of drug-likeness (QED) is 0.885. The lowest BCUT2D eigenvalue weighted by Crippen LogP contribution is -2.55. The molecule has 2 rings (SSSR count). The van der Waals surface area contributed by atoms with Crippen LogP contribution in [0.5, 0.6) is 0 Å². The number of benzene rings is 1. The van der Waals surface area contributed by atoms with Crippen molar-refractivity contribution in [2.75, 3.05) is 26.2 Å². The van der Waals surface area contributed by atoms with E-state index in [9.17, 15) is 13.2 Å². The molecule has 134 valence electrons. The summed E-state index contributed by atoms with van der Waals surface area (Å²) in [5, 5.41) is 2.91. The minimum atomic E-state index is -3.52. The van der Waals surface area contributed by atoms with Gasteiger partial charge >= 0.3 is 6.03 Å². The van der Waals surface area contributed by atoms with E-state index in [0.29, 0.717) is 31.1 Å². The van der Waals surface area contributed by atoms with Crippen LogP contribution in [0.15, 0.2) is 23.1 Å². The molecule has 1 saturated heterocycles. The maximum absolute atomic E-state index is 12.8. The molecular formula is C17H27N3O3S. The molecule has 0 saturated carbocycles. The fourth-order valence-corrected chi connectivity index (χ4v) is 4.39. The van der Waals surface area contributed by atoms with Crippen LogP contribution in [-0.2, 0) is 10.0 Å². The molecule has 0 radical (unpaired) electrons. The molecular weight excluding hydrogens is 326 g/mol. The summed E-state index contributed by atoms with van der Waals surface area (Å²) < 4.78 is 27.1. The molecule has 0 unspecified atom stereocenters. The molecule has 1 heterocycles. The van der Waals surface area contributed by atoms with E-state index >= 15 is 0 Å². The molecule has 1 aliphatic rings. The SMILES string of the molecule is Cc1ccc(S(=O)(=O)N2CCN(C(=O)NC(C)(C)C)CC2)c(C)c1. The number of rotatable bonds is 2. The second kappa shape index (κ2) is 6.72. The second-order valence-electron chi connectivity index (χ2n) is 7.34. The molecule has 0 bridgehead atoms. The summed E-state index contributed by atoms with van der Waals surface area (Å²) in [6.07, 6.45) is 0. The lowest BCUT2D eigenvalue weighted by molar-refractivity contribution is 0.165. The molecule has 0 aromatic heterocycles. The van der Waals surface area contributed by atoms with E-state index in [-0.39, 0.29) is 11.6 Å². The zero-order valence-corrected chi connectivity index (χ0v) is 15.9. The minimum absolute atomic E-state index is 0.147. The van der Waals surface area contributed by atoms with Crippen molar-refractivity contribution < 1.29 is 13.2 Å². The van der Waals surface area contributed by atoms with Crippen LogP contribution in [0.4, 0.5) is 4.79 Å². The number of carbonyl (C=O) groups is 1. The Kier molecular flexibility index (Phi) is 5.25. The van der Waals surface area contributed by atoms with Gasteiger partial charge in [0.25, 0.3) is 0 Å². The van der Waals surface area contributed by atoms with Crippen LogP contribution in [0, 0.1) is 13.8 Å². The fourth-order valence-electron chi connectivity index (χ4n) is 2.76. The second-order valence-corrected chi connectivity index (χ2v) is 9.25. The van der Waals surface area contributed by atoms with Crippen molar-refractivity contribution >= 4 is 16.1 Å². The number of piperazine rings is 1. The third-order valence-corrected chi connectivity index (χ3v) is 6.01. The van der Waals surface area contributed by atoms with E-state index in [2.05, 4.69) is 5.32 Å². The first-order valence-electron chi connectivity index (χ1n) is 8.15. The first kappa shape index (κ1) is 18.7. The summed E-state index contributed by atoms with van der Waals surface area (Å²) in [5.74, 6) is 0. The van der Waals surface area contributed by atoms with Gasteiger partial charge in [-0.05, 0) is 46.2 Å². The zero-order chi connectivity index (χ0) is 18.1. The Morgan fingerprint density at radius 2 is 1.67 bits per heavy atom. The molecule has 1 aromatic rings. The first-order valence-corrected chi connectivity index (χ1v) is 9.59. The predicted octanol–water partition coefficient (Wildman–Crippen LogP) is 2.12. The van der Waals surface area contributed by atoms with E-state index < -0.39 is 10.0 Å². The van der Waals surface area contributed by atoms with Crippen LogP contribution >= 0.6 is 0 Å². The minimum Gasteiger partial charge on any atom is -0.333 e. The van der Waals surface area contributed by atoms with Crippen LogP contribution in [0.25, 0.3) is 0 Å². The van der Waals surface area contributed by atoms with Gasteiger partial charge in [-0.2, -0.15) is 4.31 Å². The van der Waals surface area contributed by atoms with Crippen molar-refractivity contribution in [3.63, 3.8) is 0 Å². The molecule has 1 aromatic carbocycles. The number of amides is 2. The van der Waals surface area contributed by atoms with Crippen molar-refractivity contribution in [1.82, 2.24) is 14.5 Å². The average Bonchev–Trinajstić information content (AvgIpc) is 2.45. The van der Waals surface area contributed by atoms with Crippen LogP contribution < -0.4 is 5.32 Å². The van der Waals surface area contributed by atoms with Crippen LogP contribution in [0.3, 0.4) is 0 Å². The number of nitrogens with zero attached hydrogens (tertiary/aromatic N) is 2. The largest absolute Gasteiger partial charge is 0.333 e. The third-order valence-electron chi connectivity index (χ3n) is 3.96. The summed E-state index contributed by atoms with van der Waals surface area (Å²) in [7, 11) is -3.52. The average molecular weight is 353 g/mol. The molecule has 7 heteroatoms. The van der Waals surface area contributed by atoms with E-state index in [0.717, 1.165) is 11.1 Å². The highest BCUT2D eigenvalue weighted by atomic mass is 32.2. The Labute approximate surface area is 144 Å². The highest BCUT2D eigenvalue weighted by Gasteiger charge is 2.31. The van der Waals surface area contributed by atoms with E-state index in [4.69, 9.17) is 0 Å². The van der Waals surface area contributed by atoms with Crippen molar-refractivity contribution in [3.8, 4) is 0 Å². The lowest BCUT2D eigenvalue weighted by atomic mass is 10.1. The van der Waals surface area contributed by atoms with Gasteiger partial charge in [-0.3, -0.25) is 0 Å². The Hall–Kier alpha value is -1.60. The summed E-state index contributed by atoms with van der Waals surface area (Å²) in [6, 6.07) is 5.21. The van der Waals surface area contributed by atoms with E-state index in [1.54, 1.807) is 11.0 Å². The van der Waals surface area contributed by atoms with Crippen LogP contribution in [-0.4, -0.2) is 55.4 Å². The molecule has 1 N–H and O–H groups in total. The summed E-state index contributed by atoms with van der Waals surface area (Å²) >= 11 is 0. The van der Waals surface area contributed by atoms with Gasteiger partial charge in [-0.25, -0.2) is 13.2 Å². The highest BCUT2D eigenvalue weighted by molar-refractivity contribution is 7.89. The molecule has 24 heavy (non-hydrogen) atoms. The third kappa shape index (κ3) is 4.27. The summed E-state index contributed by atoms with van der Waals surface area (Å²) in [5.41, 5.74) is 1.48. The molecule has 6 nitrogen and oxygen atoms in total. The smallest absolute Gasteiger partial charge is 0.317 e. The van der Waals surface area contributed by atoms with Gasteiger partial charge in [0.1, 0.15) is 0 Å². The molecule has 1 aliphatic heterocycles. The van der Waals surface area contributed by atoms with Gasteiger partial charge in [0.15, 0.2) is 0 Å². The zero-order valence-electron chi connectivity index (χ0n) is 15.1. The highest BCUT2D eigenvalue weighted by Crippen LogP contribution is 2.22. The summed E-state index contributed by atoms with van der Waals surface area (Å²) in [4.78, 5) is 14.2. The van der Waals surface area contributed by atoms with Gasteiger partial charge in [-0.15, -0.1) is 0 Å². The molecule has 0 spiro atoms. The maximum Gasteiger partial charge on any atom is 0.317 e. The number of urea groups is 1. The maximum atomic E-state index is 12.8. The molecule has 2 amide bonds. The Morgan fingerprint density at radius 3 is 2.17 bits per heavy atom. The fraction of sp³-hybridized carbons (Fsp3) is 0.588. The van der Waals surface area contributed by atoms with Gasteiger partial charge in [0, 0.05) is 31.7 Å². The van der Waals surface area contributed by atoms with Crippen LogP contribution in [0.1, 0.15) is 31.9 Å². The molecule has 0 atom stereocenters. The Morgan fingerprint density at radius 1 is 1.08 bits per heavy atom. The first-order chi connectivity index (χ1) is 11.0. The van der Waals surface area contributed by atoms with E-state index in [1.807, 2.05) is 46.8 Å². The van der Waals surface area contributed by atoms with Crippen LogP contribution in [0.2, 0.25) is 0 Å². The van der Waals surface area contributed by atoms with Gasteiger partial charge < -0.3 is 10.2 Å². The van der Waals surface area contributed by atoms with Gasteiger partial charge in [-0.1, -0.05) is 17.7 Å². The monoisotopic (exact) mass is 353 g/mol. The topological polar surface area (TPSA) is 69.7 Å². The number of sulfonamides is 1. The van der Waals surface area contributed by atoms with Gasteiger partial charge in [0.05, 0.1) is 4.90 Å². The lowest BCUT2D eigenvalue weighted by Gasteiger charge is -2.35. The van der Waals surface area contributed by atoms with Crippen molar-refractivity contribution in [2.45, 2.75) is 45.1 Å². The van der Waals surface area contributed by atoms with Crippen molar-refractivity contribution in [2.24, 2.45) is 0 Å². The number of nitrogens with one attached hydrogen (secondary N) is 1. The van der Waals surface area contributed by atoms with Crippen molar-refractivity contribution in [1.29, 1.82) is 0 Å². The molecule has 0 aliphatic carbocycles. The summed E-state index contributed by atoms with van der Waals surface area (Å²) in [6.45, 7) is 10.9. The standard InChI is InChI=1S/C17H27N3O3S/c1-13-6-7-15(14(2)12-13)24(22,23)20-10-8-19(9-11-20)16(21)18-17(3,4)5/h6-7,12H,8-11H2,1-5H3,(H,18,21).